The third kappa shape index (κ3) is 5.02. The summed E-state index contributed by atoms with van der Waals surface area (Å²) in [6.45, 7) is 0.677. The summed E-state index contributed by atoms with van der Waals surface area (Å²) in [5.74, 6) is 0.695. The van der Waals surface area contributed by atoms with Crippen LogP contribution in [0.4, 0.5) is 14.5 Å². The summed E-state index contributed by atoms with van der Waals surface area (Å²) in [5, 5.41) is 6.12. The molecule has 1 aliphatic rings. The van der Waals surface area contributed by atoms with Gasteiger partial charge in [-0.25, -0.2) is 8.78 Å². The molecule has 4 nitrogen and oxygen atoms in total. The standard InChI is InChI=1S/C24H22F2N2O2/c25-18-5-9-20(10-6-18)30-21-11-7-19(8-12-21)28-24(29)23-14-16(15-27-23)13-17-3-1-2-4-22(17)26/h1-12,16,23,27H,13-15H2,(H,28,29). The lowest BCUT2D eigenvalue weighted by atomic mass is 9.96. The van der Waals surface area contributed by atoms with Crippen LogP contribution in [0.2, 0.25) is 0 Å². The van der Waals surface area contributed by atoms with Gasteiger partial charge in [-0.3, -0.25) is 4.79 Å². The van der Waals surface area contributed by atoms with Crippen molar-refractivity contribution in [3.8, 4) is 11.5 Å². The molecule has 0 saturated carbocycles. The lowest BCUT2D eigenvalue weighted by molar-refractivity contribution is -0.117. The van der Waals surface area contributed by atoms with Gasteiger partial charge >= 0.3 is 0 Å². The Balaban J connectivity index is 1.29. The molecule has 154 valence electrons. The van der Waals surface area contributed by atoms with Gasteiger partial charge in [0.05, 0.1) is 6.04 Å². The van der Waals surface area contributed by atoms with Crippen LogP contribution >= 0.6 is 0 Å². The summed E-state index contributed by atoms with van der Waals surface area (Å²) in [6, 6.07) is 19.2. The molecule has 3 aromatic carbocycles. The highest BCUT2D eigenvalue weighted by Crippen LogP contribution is 2.25. The van der Waals surface area contributed by atoms with E-state index in [0.717, 1.165) is 0 Å². The van der Waals surface area contributed by atoms with Crippen molar-refractivity contribution in [2.75, 3.05) is 11.9 Å². The second kappa shape index (κ2) is 9.05. The number of hydrogen-bond acceptors (Lipinski definition) is 3. The first kappa shape index (κ1) is 20.0. The van der Waals surface area contributed by atoms with E-state index in [1.54, 1.807) is 48.5 Å². The highest BCUT2D eigenvalue weighted by atomic mass is 19.1. The van der Waals surface area contributed by atoms with E-state index in [1.807, 2.05) is 6.07 Å². The van der Waals surface area contributed by atoms with E-state index < -0.39 is 0 Å². The SMILES string of the molecule is O=C(Nc1ccc(Oc2ccc(F)cc2)cc1)C1CC(Cc2ccccc2F)CN1. The minimum absolute atomic E-state index is 0.113. The van der Waals surface area contributed by atoms with E-state index in [-0.39, 0.29) is 29.5 Å². The number of anilines is 1. The maximum absolute atomic E-state index is 13.8. The summed E-state index contributed by atoms with van der Waals surface area (Å²) < 4.78 is 32.5. The molecule has 0 aromatic heterocycles. The van der Waals surface area contributed by atoms with E-state index in [2.05, 4.69) is 10.6 Å². The van der Waals surface area contributed by atoms with E-state index >= 15 is 0 Å². The molecule has 1 aliphatic heterocycles. The summed E-state index contributed by atoms with van der Waals surface area (Å²) in [6.07, 6.45) is 1.27. The van der Waals surface area contributed by atoms with Crippen molar-refractivity contribution < 1.29 is 18.3 Å². The Morgan fingerprint density at radius 1 is 0.967 bits per heavy atom. The average molecular weight is 408 g/mol. The van der Waals surface area contributed by atoms with E-state index in [0.29, 0.717) is 42.1 Å². The molecule has 0 spiro atoms. The van der Waals surface area contributed by atoms with Gasteiger partial charge in [0.1, 0.15) is 23.1 Å². The molecule has 2 N–H and O–H groups in total. The van der Waals surface area contributed by atoms with Crippen molar-refractivity contribution in [3.05, 3.63) is 90.0 Å². The van der Waals surface area contributed by atoms with Gasteiger partial charge in [0.2, 0.25) is 5.91 Å². The Labute approximate surface area is 173 Å². The third-order valence-corrected chi connectivity index (χ3v) is 5.18. The number of amides is 1. The van der Waals surface area contributed by atoms with Crippen LogP contribution in [0.15, 0.2) is 72.8 Å². The highest BCUT2D eigenvalue weighted by molar-refractivity contribution is 5.95. The predicted octanol–water partition coefficient (Wildman–Crippen LogP) is 4.92. The first-order chi connectivity index (χ1) is 14.6. The van der Waals surface area contributed by atoms with Crippen LogP contribution in [-0.4, -0.2) is 18.5 Å². The van der Waals surface area contributed by atoms with Crippen molar-refractivity contribution in [2.24, 2.45) is 5.92 Å². The fourth-order valence-electron chi connectivity index (χ4n) is 3.61. The Morgan fingerprint density at radius 2 is 1.63 bits per heavy atom. The average Bonchev–Trinajstić information content (AvgIpc) is 3.22. The largest absolute Gasteiger partial charge is 0.457 e. The van der Waals surface area contributed by atoms with Gasteiger partial charge in [0, 0.05) is 5.69 Å². The molecule has 6 heteroatoms. The predicted molar refractivity (Wildman–Crippen MR) is 112 cm³/mol. The monoisotopic (exact) mass is 408 g/mol. The lowest BCUT2D eigenvalue weighted by Gasteiger charge is -2.13. The smallest absolute Gasteiger partial charge is 0.241 e. The molecule has 0 aliphatic carbocycles. The molecule has 1 saturated heterocycles. The summed E-state index contributed by atoms with van der Waals surface area (Å²) in [7, 11) is 0. The van der Waals surface area contributed by atoms with Crippen LogP contribution in [0, 0.1) is 17.6 Å². The molecule has 0 bridgehead atoms. The Kier molecular flexibility index (Phi) is 6.05. The first-order valence-corrected chi connectivity index (χ1v) is 9.88. The Bertz CT molecular complexity index is 1010. The van der Waals surface area contributed by atoms with Crippen LogP contribution in [0.25, 0.3) is 0 Å². The molecule has 1 heterocycles. The molecule has 4 rings (SSSR count). The highest BCUT2D eigenvalue weighted by Gasteiger charge is 2.29. The minimum atomic E-state index is -0.322. The fraction of sp³-hybridized carbons (Fsp3) is 0.208. The van der Waals surface area contributed by atoms with Crippen molar-refractivity contribution >= 4 is 11.6 Å². The van der Waals surface area contributed by atoms with E-state index in [9.17, 15) is 13.6 Å². The number of carbonyl (C=O) groups excluding carboxylic acids is 1. The summed E-state index contributed by atoms with van der Waals surface area (Å²) in [4.78, 5) is 12.6. The molecular formula is C24H22F2N2O2. The van der Waals surface area contributed by atoms with Gasteiger partial charge in [-0.2, -0.15) is 0 Å². The third-order valence-electron chi connectivity index (χ3n) is 5.18. The normalized spacial score (nSPS) is 18.2. The van der Waals surface area contributed by atoms with Crippen molar-refractivity contribution in [3.63, 3.8) is 0 Å². The maximum Gasteiger partial charge on any atom is 0.241 e. The van der Waals surface area contributed by atoms with Crippen LogP contribution < -0.4 is 15.4 Å². The molecule has 2 unspecified atom stereocenters. The molecule has 1 amide bonds. The second-order valence-electron chi connectivity index (χ2n) is 7.43. The summed E-state index contributed by atoms with van der Waals surface area (Å²) in [5.41, 5.74) is 1.34. The fourth-order valence-corrected chi connectivity index (χ4v) is 3.61. The van der Waals surface area contributed by atoms with Gasteiger partial charge < -0.3 is 15.4 Å². The first-order valence-electron chi connectivity index (χ1n) is 9.88. The summed E-state index contributed by atoms with van der Waals surface area (Å²) >= 11 is 0. The zero-order valence-corrected chi connectivity index (χ0v) is 16.3. The number of hydrogen-bond donors (Lipinski definition) is 2. The number of ether oxygens (including phenoxy) is 1. The molecular weight excluding hydrogens is 386 g/mol. The zero-order valence-electron chi connectivity index (χ0n) is 16.3. The molecule has 3 aromatic rings. The number of rotatable bonds is 6. The number of halogens is 2. The van der Waals surface area contributed by atoms with E-state index in [4.69, 9.17) is 4.74 Å². The van der Waals surface area contributed by atoms with Crippen molar-refractivity contribution in [2.45, 2.75) is 18.9 Å². The molecule has 0 radical (unpaired) electrons. The second-order valence-corrected chi connectivity index (χ2v) is 7.43. The van der Waals surface area contributed by atoms with Crippen LogP contribution in [0.1, 0.15) is 12.0 Å². The van der Waals surface area contributed by atoms with Gasteiger partial charge in [-0.05, 0) is 85.5 Å². The molecule has 30 heavy (non-hydrogen) atoms. The molecule has 1 fully saturated rings. The number of benzene rings is 3. The zero-order chi connectivity index (χ0) is 20.9. The van der Waals surface area contributed by atoms with Crippen LogP contribution in [0.3, 0.4) is 0 Å². The quantitative estimate of drug-likeness (QED) is 0.609. The molecule has 2 atom stereocenters. The van der Waals surface area contributed by atoms with E-state index in [1.165, 1.54) is 18.2 Å². The Morgan fingerprint density at radius 3 is 2.33 bits per heavy atom. The van der Waals surface area contributed by atoms with Gasteiger partial charge in [-0.15, -0.1) is 0 Å². The Hall–Kier alpha value is -3.25. The van der Waals surface area contributed by atoms with Gasteiger partial charge in [-0.1, -0.05) is 18.2 Å². The van der Waals surface area contributed by atoms with Crippen molar-refractivity contribution in [1.82, 2.24) is 5.32 Å². The van der Waals surface area contributed by atoms with Gasteiger partial charge in [0.15, 0.2) is 0 Å². The number of nitrogens with one attached hydrogen (secondary N) is 2. The lowest BCUT2D eigenvalue weighted by Crippen LogP contribution is -2.35. The topological polar surface area (TPSA) is 50.4 Å². The minimum Gasteiger partial charge on any atom is -0.457 e. The maximum atomic E-state index is 13.8. The number of carbonyl (C=O) groups is 1. The van der Waals surface area contributed by atoms with Gasteiger partial charge in [0.25, 0.3) is 0 Å². The van der Waals surface area contributed by atoms with Crippen molar-refractivity contribution in [1.29, 1.82) is 0 Å². The van der Waals surface area contributed by atoms with Crippen LogP contribution in [0.5, 0.6) is 11.5 Å². The van der Waals surface area contributed by atoms with Crippen LogP contribution in [-0.2, 0) is 11.2 Å².